The van der Waals surface area contributed by atoms with Gasteiger partial charge in [-0.2, -0.15) is 0 Å². The average Bonchev–Trinajstić information content (AvgIpc) is 2.41. The van der Waals surface area contributed by atoms with Crippen LogP contribution in [0.4, 0.5) is 0 Å². The lowest BCUT2D eigenvalue weighted by molar-refractivity contribution is 0.0915. The summed E-state index contributed by atoms with van der Waals surface area (Å²) in [4.78, 5) is 12.1. The van der Waals surface area contributed by atoms with Crippen LogP contribution in [0.25, 0.3) is 0 Å². The van der Waals surface area contributed by atoms with Crippen molar-refractivity contribution in [3.05, 3.63) is 29.8 Å². The quantitative estimate of drug-likeness (QED) is 0.850. The Morgan fingerprint density at radius 1 is 1.39 bits per heavy atom. The first kappa shape index (κ1) is 12.9. The first-order valence-corrected chi connectivity index (χ1v) is 6.36. The first-order chi connectivity index (χ1) is 8.70. The van der Waals surface area contributed by atoms with E-state index in [0.29, 0.717) is 11.5 Å². The Bertz CT molecular complexity index is 403. The Hall–Kier alpha value is -1.55. The molecule has 2 rings (SSSR count). The van der Waals surface area contributed by atoms with Crippen molar-refractivity contribution >= 4 is 5.91 Å². The minimum atomic E-state index is -0.0156. The summed E-state index contributed by atoms with van der Waals surface area (Å²) in [5.74, 6) is 1.27. The molecular formula is C14H20N2O2. The highest BCUT2D eigenvalue weighted by Gasteiger charge is 2.22. The monoisotopic (exact) mass is 248 g/mol. The van der Waals surface area contributed by atoms with Gasteiger partial charge in [0.05, 0.1) is 7.11 Å². The molecule has 1 amide bonds. The van der Waals surface area contributed by atoms with E-state index in [9.17, 15) is 4.79 Å². The SMILES string of the molecule is COc1ccc(C(=O)NC2CNCCC2C)cc1. The molecule has 1 heterocycles. The molecule has 0 saturated carbocycles. The highest BCUT2D eigenvalue weighted by atomic mass is 16.5. The second-order valence-electron chi connectivity index (χ2n) is 4.78. The molecule has 98 valence electrons. The second-order valence-corrected chi connectivity index (χ2v) is 4.78. The average molecular weight is 248 g/mol. The van der Waals surface area contributed by atoms with Crippen LogP contribution in [0.2, 0.25) is 0 Å². The standard InChI is InChI=1S/C14H20N2O2/c1-10-7-8-15-9-13(10)16-14(17)11-3-5-12(18-2)6-4-11/h3-6,10,13,15H,7-9H2,1-2H3,(H,16,17). The number of hydrogen-bond acceptors (Lipinski definition) is 3. The van der Waals surface area contributed by atoms with E-state index in [-0.39, 0.29) is 11.9 Å². The predicted molar refractivity (Wildman–Crippen MR) is 70.9 cm³/mol. The molecule has 0 aromatic heterocycles. The molecule has 4 nitrogen and oxygen atoms in total. The second kappa shape index (κ2) is 5.87. The van der Waals surface area contributed by atoms with Crippen LogP contribution >= 0.6 is 0 Å². The van der Waals surface area contributed by atoms with E-state index in [1.54, 1.807) is 31.4 Å². The molecule has 1 fully saturated rings. The van der Waals surface area contributed by atoms with Crippen molar-refractivity contribution in [1.29, 1.82) is 0 Å². The van der Waals surface area contributed by atoms with Gasteiger partial charge in [0.25, 0.3) is 5.91 Å². The molecule has 0 spiro atoms. The van der Waals surface area contributed by atoms with Crippen molar-refractivity contribution in [1.82, 2.24) is 10.6 Å². The topological polar surface area (TPSA) is 50.4 Å². The maximum absolute atomic E-state index is 12.1. The van der Waals surface area contributed by atoms with Gasteiger partial charge in [-0.05, 0) is 43.1 Å². The summed E-state index contributed by atoms with van der Waals surface area (Å²) >= 11 is 0. The van der Waals surface area contributed by atoms with Gasteiger partial charge in [-0.1, -0.05) is 6.92 Å². The fraction of sp³-hybridized carbons (Fsp3) is 0.500. The van der Waals surface area contributed by atoms with Crippen LogP contribution in [0, 0.1) is 5.92 Å². The molecule has 1 aliphatic heterocycles. The molecular weight excluding hydrogens is 228 g/mol. The lowest BCUT2D eigenvalue weighted by Crippen LogP contribution is -2.50. The zero-order valence-corrected chi connectivity index (χ0v) is 10.9. The van der Waals surface area contributed by atoms with Crippen LogP contribution in [-0.2, 0) is 0 Å². The Morgan fingerprint density at radius 2 is 2.11 bits per heavy atom. The Labute approximate surface area is 108 Å². The molecule has 4 heteroatoms. The van der Waals surface area contributed by atoms with Gasteiger partial charge in [-0.3, -0.25) is 4.79 Å². The number of benzene rings is 1. The van der Waals surface area contributed by atoms with E-state index in [0.717, 1.165) is 25.3 Å². The lowest BCUT2D eigenvalue weighted by atomic mass is 9.94. The van der Waals surface area contributed by atoms with Crippen molar-refractivity contribution in [2.45, 2.75) is 19.4 Å². The first-order valence-electron chi connectivity index (χ1n) is 6.36. The van der Waals surface area contributed by atoms with Crippen LogP contribution in [0.3, 0.4) is 0 Å². The summed E-state index contributed by atoms with van der Waals surface area (Å²) < 4.78 is 5.07. The maximum Gasteiger partial charge on any atom is 0.251 e. The molecule has 0 bridgehead atoms. The van der Waals surface area contributed by atoms with Gasteiger partial charge in [0.15, 0.2) is 0 Å². The summed E-state index contributed by atoms with van der Waals surface area (Å²) in [7, 11) is 1.62. The van der Waals surface area contributed by atoms with Crippen LogP contribution in [0.1, 0.15) is 23.7 Å². The van der Waals surface area contributed by atoms with Gasteiger partial charge in [-0.25, -0.2) is 0 Å². The number of hydrogen-bond donors (Lipinski definition) is 2. The van der Waals surface area contributed by atoms with Gasteiger partial charge in [-0.15, -0.1) is 0 Å². The Balaban J connectivity index is 1.97. The molecule has 2 N–H and O–H groups in total. The molecule has 1 aromatic carbocycles. The third-order valence-corrected chi connectivity index (χ3v) is 3.50. The maximum atomic E-state index is 12.1. The van der Waals surface area contributed by atoms with Gasteiger partial charge in [0.1, 0.15) is 5.75 Å². The Morgan fingerprint density at radius 3 is 2.72 bits per heavy atom. The largest absolute Gasteiger partial charge is 0.497 e. The summed E-state index contributed by atoms with van der Waals surface area (Å²) in [5, 5.41) is 6.39. The zero-order valence-electron chi connectivity index (χ0n) is 10.9. The number of nitrogens with one attached hydrogen (secondary N) is 2. The predicted octanol–water partition coefficient (Wildman–Crippen LogP) is 1.42. The van der Waals surface area contributed by atoms with Gasteiger partial charge in [0.2, 0.25) is 0 Å². The lowest BCUT2D eigenvalue weighted by Gasteiger charge is -2.30. The van der Waals surface area contributed by atoms with Crippen LogP contribution in [0.15, 0.2) is 24.3 Å². The molecule has 2 unspecified atom stereocenters. The minimum Gasteiger partial charge on any atom is -0.497 e. The zero-order chi connectivity index (χ0) is 13.0. The minimum absolute atomic E-state index is 0.0156. The number of piperidine rings is 1. The van der Waals surface area contributed by atoms with E-state index >= 15 is 0 Å². The van der Waals surface area contributed by atoms with Crippen molar-refractivity contribution in [2.75, 3.05) is 20.2 Å². The van der Waals surface area contributed by atoms with Gasteiger partial charge in [0, 0.05) is 18.2 Å². The molecule has 18 heavy (non-hydrogen) atoms. The third kappa shape index (κ3) is 3.01. The summed E-state index contributed by atoms with van der Waals surface area (Å²) in [6.45, 7) is 4.07. The highest BCUT2D eigenvalue weighted by Crippen LogP contribution is 2.14. The molecule has 2 atom stereocenters. The van der Waals surface area contributed by atoms with E-state index in [1.165, 1.54) is 0 Å². The molecule has 1 aromatic rings. The van der Waals surface area contributed by atoms with E-state index in [1.807, 2.05) is 0 Å². The van der Waals surface area contributed by atoms with E-state index in [2.05, 4.69) is 17.6 Å². The fourth-order valence-corrected chi connectivity index (χ4v) is 2.18. The summed E-state index contributed by atoms with van der Waals surface area (Å²) in [6.07, 6.45) is 1.10. The summed E-state index contributed by atoms with van der Waals surface area (Å²) in [6, 6.07) is 7.40. The fourth-order valence-electron chi connectivity index (χ4n) is 2.18. The number of rotatable bonds is 3. The number of methoxy groups -OCH3 is 1. The van der Waals surface area contributed by atoms with E-state index in [4.69, 9.17) is 4.74 Å². The number of carbonyl (C=O) groups is 1. The normalized spacial score (nSPS) is 23.4. The van der Waals surface area contributed by atoms with Crippen molar-refractivity contribution in [2.24, 2.45) is 5.92 Å². The van der Waals surface area contributed by atoms with Crippen molar-refractivity contribution < 1.29 is 9.53 Å². The highest BCUT2D eigenvalue weighted by molar-refractivity contribution is 5.94. The van der Waals surface area contributed by atoms with E-state index < -0.39 is 0 Å². The van der Waals surface area contributed by atoms with Crippen LogP contribution in [0.5, 0.6) is 5.75 Å². The van der Waals surface area contributed by atoms with Crippen molar-refractivity contribution in [3.8, 4) is 5.75 Å². The van der Waals surface area contributed by atoms with Crippen LogP contribution in [-0.4, -0.2) is 32.1 Å². The summed E-state index contributed by atoms with van der Waals surface area (Å²) in [5.41, 5.74) is 0.675. The smallest absolute Gasteiger partial charge is 0.251 e. The van der Waals surface area contributed by atoms with Crippen molar-refractivity contribution in [3.63, 3.8) is 0 Å². The van der Waals surface area contributed by atoms with Crippen LogP contribution < -0.4 is 15.4 Å². The molecule has 0 aliphatic carbocycles. The number of ether oxygens (including phenoxy) is 1. The number of amides is 1. The Kier molecular flexibility index (Phi) is 4.20. The molecule has 1 saturated heterocycles. The molecule has 0 radical (unpaired) electrons. The molecule has 1 aliphatic rings. The number of carbonyl (C=O) groups excluding carboxylic acids is 1. The third-order valence-electron chi connectivity index (χ3n) is 3.50. The van der Waals surface area contributed by atoms with Gasteiger partial charge >= 0.3 is 0 Å². The van der Waals surface area contributed by atoms with Gasteiger partial charge < -0.3 is 15.4 Å².